The highest BCUT2D eigenvalue weighted by molar-refractivity contribution is 9.10. The summed E-state index contributed by atoms with van der Waals surface area (Å²) in [5, 5.41) is 32.7. The number of hydrogen-bond donors (Lipinski definition) is 4. The van der Waals surface area contributed by atoms with Crippen LogP contribution in [-0.2, 0) is 4.74 Å². The van der Waals surface area contributed by atoms with Gasteiger partial charge < -0.3 is 25.4 Å². The third-order valence-electron chi connectivity index (χ3n) is 5.98. The van der Waals surface area contributed by atoms with Crippen molar-refractivity contribution in [2.45, 2.75) is 24.5 Å². The molecule has 1 aliphatic carbocycles. The van der Waals surface area contributed by atoms with E-state index in [0.717, 1.165) is 22.3 Å². The van der Waals surface area contributed by atoms with Crippen LogP contribution >= 0.6 is 15.9 Å². The average molecular weight is 526 g/mol. The summed E-state index contributed by atoms with van der Waals surface area (Å²) in [5.74, 6) is -1.27. The molecule has 34 heavy (non-hydrogen) atoms. The molecule has 0 saturated heterocycles. The van der Waals surface area contributed by atoms with Crippen LogP contribution in [0.3, 0.4) is 0 Å². The summed E-state index contributed by atoms with van der Waals surface area (Å²) in [5.41, 5.74) is 4.49. The van der Waals surface area contributed by atoms with Gasteiger partial charge in [-0.15, -0.1) is 0 Å². The second kappa shape index (κ2) is 10.4. The molecule has 0 spiro atoms. The molecule has 8 heteroatoms. The monoisotopic (exact) mass is 525 g/mol. The zero-order valence-corrected chi connectivity index (χ0v) is 19.7. The SMILES string of the molecule is O=C(NCCC(O)C(O)c1ccc(Br)cc1C(=O)O)OCC1c2ccccc2-c2ccccc21. The van der Waals surface area contributed by atoms with E-state index >= 15 is 0 Å². The number of halogens is 1. The number of carbonyl (C=O) groups excluding carboxylic acids is 1. The second-order valence-corrected chi connectivity index (χ2v) is 9.01. The van der Waals surface area contributed by atoms with Crippen LogP contribution in [0.2, 0.25) is 0 Å². The number of nitrogens with one attached hydrogen (secondary N) is 1. The van der Waals surface area contributed by atoms with Gasteiger partial charge in [0.15, 0.2) is 0 Å². The maximum atomic E-state index is 12.3. The van der Waals surface area contributed by atoms with Gasteiger partial charge in [-0.05, 0) is 46.4 Å². The minimum atomic E-state index is -1.41. The van der Waals surface area contributed by atoms with Crippen molar-refractivity contribution >= 4 is 28.0 Å². The fourth-order valence-corrected chi connectivity index (χ4v) is 4.67. The summed E-state index contributed by atoms with van der Waals surface area (Å²) in [6.45, 7) is 0.222. The Morgan fingerprint density at radius 2 is 1.59 bits per heavy atom. The largest absolute Gasteiger partial charge is 0.478 e. The van der Waals surface area contributed by atoms with Gasteiger partial charge in [0.1, 0.15) is 12.7 Å². The minimum Gasteiger partial charge on any atom is -0.478 e. The van der Waals surface area contributed by atoms with Crippen molar-refractivity contribution < 1.29 is 29.6 Å². The lowest BCUT2D eigenvalue weighted by atomic mass is 9.97. The number of hydrogen-bond acceptors (Lipinski definition) is 5. The number of amides is 1. The van der Waals surface area contributed by atoms with E-state index in [1.165, 1.54) is 12.1 Å². The quantitative estimate of drug-likeness (QED) is 0.344. The Kier molecular flexibility index (Phi) is 7.31. The summed E-state index contributed by atoms with van der Waals surface area (Å²) in [7, 11) is 0. The van der Waals surface area contributed by atoms with Gasteiger partial charge in [0.25, 0.3) is 0 Å². The van der Waals surface area contributed by atoms with E-state index in [1.54, 1.807) is 6.07 Å². The summed E-state index contributed by atoms with van der Waals surface area (Å²) < 4.78 is 6.00. The van der Waals surface area contributed by atoms with Gasteiger partial charge in [0.05, 0.1) is 11.7 Å². The second-order valence-electron chi connectivity index (χ2n) is 8.09. The maximum absolute atomic E-state index is 12.3. The standard InChI is InChI=1S/C26H24BrNO6/c27-15-9-10-20(21(13-15)25(31)32)24(30)23(29)11-12-28-26(33)34-14-22-18-7-3-1-5-16(18)17-6-2-4-8-19(17)22/h1-10,13,22-24,29-30H,11-12,14H2,(H,28,33)(H,31,32). The van der Waals surface area contributed by atoms with Crippen LogP contribution in [0, 0.1) is 0 Å². The van der Waals surface area contributed by atoms with E-state index < -0.39 is 24.3 Å². The number of carboxylic acid groups (broad SMARTS) is 1. The molecule has 0 fully saturated rings. The molecule has 2 atom stereocenters. The summed E-state index contributed by atoms with van der Waals surface area (Å²) in [4.78, 5) is 23.7. The summed E-state index contributed by atoms with van der Waals surface area (Å²) >= 11 is 3.20. The molecule has 0 radical (unpaired) electrons. The lowest BCUT2D eigenvalue weighted by molar-refractivity contribution is 0.0128. The molecule has 0 heterocycles. The van der Waals surface area contributed by atoms with Crippen molar-refractivity contribution in [1.82, 2.24) is 5.32 Å². The number of rotatable bonds is 8. The van der Waals surface area contributed by atoms with E-state index in [-0.39, 0.29) is 36.6 Å². The summed E-state index contributed by atoms with van der Waals surface area (Å²) in [6, 6.07) is 20.5. The molecule has 1 aliphatic rings. The topological polar surface area (TPSA) is 116 Å². The molecule has 0 bridgehead atoms. The van der Waals surface area contributed by atoms with E-state index in [0.29, 0.717) is 4.47 Å². The van der Waals surface area contributed by atoms with Crippen molar-refractivity contribution in [2.24, 2.45) is 0 Å². The van der Waals surface area contributed by atoms with Crippen molar-refractivity contribution in [3.8, 4) is 11.1 Å². The first kappa shape index (κ1) is 23.9. The Balaban J connectivity index is 1.30. The molecular formula is C26H24BrNO6. The number of benzene rings is 3. The van der Waals surface area contributed by atoms with Crippen LogP contribution in [-0.4, -0.2) is 46.6 Å². The molecule has 0 aliphatic heterocycles. The maximum Gasteiger partial charge on any atom is 0.407 e. The van der Waals surface area contributed by atoms with Crippen LogP contribution in [0.5, 0.6) is 0 Å². The van der Waals surface area contributed by atoms with Gasteiger partial charge in [0, 0.05) is 16.9 Å². The van der Waals surface area contributed by atoms with Crippen molar-refractivity contribution in [3.05, 3.63) is 93.5 Å². The van der Waals surface area contributed by atoms with Crippen LogP contribution in [0.25, 0.3) is 11.1 Å². The van der Waals surface area contributed by atoms with E-state index in [1.807, 2.05) is 36.4 Å². The lowest BCUT2D eigenvalue weighted by Gasteiger charge is -2.20. The van der Waals surface area contributed by atoms with Crippen molar-refractivity contribution in [2.75, 3.05) is 13.2 Å². The van der Waals surface area contributed by atoms with Crippen molar-refractivity contribution in [1.29, 1.82) is 0 Å². The molecular weight excluding hydrogens is 502 g/mol. The first-order valence-electron chi connectivity index (χ1n) is 10.8. The Bertz CT molecular complexity index is 1170. The molecule has 1 amide bonds. The minimum absolute atomic E-state index is 0.0144. The lowest BCUT2D eigenvalue weighted by Crippen LogP contribution is -2.31. The molecule has 2 unspecified atom stereocenters. The normalized spacial score (nSPS) is 14.1. The van der Waals surface area contributed by atoms with Gasteiger partial charge in [-0.25, -0.2) is 9.59 Å². The Hall–Kier alpha value is -3.20. The highest BCUT2D eigenvalue weighted by Gasteiger charge is 2.29. The van der Waals surface area contributed by atoms with Crippen molar-refractivity contribution in [3.63, 3.8) is 0 Å². The predicted molar refractivity (Wildman–Crippen MR) is 130 cm³/mol. The Morgan fingerprint density at radius 3 is 2.21 bits per heavy atom. The van der Waals surface area contributed by atoms with Gasteiger partial charge in [-0.3, -0.25) is 0 Å². The first-order valence-corrected chi connectivity index (χ1v) is 11.6. The van der Waals surface area contributed by atoms with Crippen LogP contribution in [0.4, 0.5) is 4.79 Å². The molecule has 4 N–H and O–H groups in total. The third kappa shape index (κ3) is 4.99. The third-order valence-corrected chi connectivity index (χ3v) is 6.48. The number of alkyl carbamates (subject to hydrolysis) is 1. The first-order chi connectivity index (χ1) is 16.4. The van der Waals surface area contributed by atoms with E-state index in [4.69, 9.17) is 4.74 Å². The number of ether oxygens (including phenoxy) is 1. The number of aromatic carboxylic acids is 1. The zero-order chi connectivity index (χ0) is 24.2. The Morgan fingerprint density at radius 1 is 0.971 bits per heavy atom. The smallest absolute Gasteiger partial charge is 0.407 e. The van der Waals surface area contributed by atoms with Crippen LogP contribution < -0.4 is 5.32 Å². The highest BCUT2D eigenvalue weighted by Crippen LogP contribution is 2.44. The van der Waals surface area contributed by atoms with E-state index in [2.05, 4.69) is 33.4 Å². The summed E-state index contributed by atoms with van der Waals surface area (Å²) in [6.07, 6.45) is -3.30. The fraction of sp³-hybridized carbons (Fsp3) is 0.231. The number of carbonyl (C=O) groups is 2. The zero-order valence-electron chi connectivity index (χ0n) is 18.1. The molecule has 176 valence electrons. The Labute approximate surface area is 205 Å². The predicted octanol–water partition coefficient (Wildman–Crippen LogP) is 4.47. The number of carboxylic acids is 1. The van der Waals surface area contributed by atoms with Gasteiger partial charge in [-0.2, -0.15) is 0 Å². The number of aliphatic hydroxyl groups excluding tert-OH is 2. The molecule has 3 aromatic carbocycles. The molecule has 0 aromatic heterocycles. The molecule has 0 saturated carbocycles. The van der Waals surface area contributed by atoms with Gasteiger partial charge >= 0.3 is 12.1 Å². The van der Waals surface area contributed by atoms with Crippen LogP contribution in [0.1, 0.15) is 45.5 Å². The molecule has 7 nitrogen and oxygen atoms in total. The molecule has 4 rings (SSSR count). The average Bonchev–Trinajstić information content (AvgIpc) is 3.16. The molecule has 3 aromatic rings. The van der Waals surface area contributed by atoms with Crippen LogP contribution in [0.15, 0.2) is 71.2 Å². The van der Waals surface area contributed by atoms with Gasteiger partial charge in [-0.1, -0.05) is 70.5 Å². The highest BCUT2D eigenvalue weighted by atomic mass is 79.9. The fourth-order valence-electron chi connectivity index (χ4n) is 4.31. The number of aliphatic hydroxyl groups is 2. The number of fused-ring (bicyclic) bond motifs is 3. The van der Waals surface area contributed by atoms with Gasteiger partial charge in [0.2, 0.25) is 0 Å². The van der Waals surface area contributed by atoms with E-state index in [9.17, 15) is 24.9 Å².